The van der Waals surface area contributed by atoms with Crippen LogP contribution in [0.25, 0.3) is 5.69 Å². The Morgan fingerprint density at radius 2 is 1.63 bits per heavy atom. The van der Waals surface area contributed by atoms with Gasteiger partial charge in [0.15, 0.2) is 12.3 Å². The van der Waals surface area contributed by atoms with Crippen molar-refractivity contribution in [3.05, 3.63) is 78.0 Å². The average Bonchev–Trinajstić information content (AvgIpc) is 3.46. The molecule has 1 aromatic heterocycles. The molecular weight excluding hydrogens is 617 g/mol. The number of hydrazine groups is 1. The van der Waals surface area contributed by atoms with Gasteiger partial charge < -0.3 is 25.2 Å². The highest BCUT2D eigenvalue weighted by molar-refractivity contribution is 5.91. The van der Waals surface area contributed by atoms with Crippen LogP contribution < -0.4 is 20.8 Å². The number of alkyl halides is 3. The van der Waals surface area contributed by atoms with Crippen molar-refractivity contribution >= 4 is 29.8 Å². The van der Waals surface area contributed by atoms with Crippen LogP contribution >= 0.6 is 0 Å². The lowest BCUT2D eigenvalue weighted by atomic mass is 10.0. The molecule has 0 fully saturated rings. The summed E-state index contributed by atoms with van der Waals surface area (Å²) in [5.41, 5.74) is 1.62. The molecule has 0 saturated carbocycles. The van der Waals surface area contributed by atoms with Crippen LogP contribution in [0.4, 0.5) is 18.0 Å². The molecule has 4 amide bonds. The molecule has 14 nitrogen and oxygen atoms in total. The van der Waals surface area contributed by atoms with Gasteiger partial charge in [0, 0.05) is 6.07 Å². The predicted molar refractivity (Wildman–Crippen MR) is 153 cm³/mol. The van der Waals surface area contributed by atoms with Gasteiger partial charge in [0.1, 0.15) is 19.2 Å². The summed E-state index contributed by atoms with van der Waals surface area (Å²) in [5, 5.41) is 17.8. The number of para-hydroxylation sites is 1. The number of hydrogen-bond acceptors (Lipinski definition) is 8. The molecule has 1 atom stereocenters. The lowest BCUT2D eigenvalue weighted by Crippen LogP contribution is -2.55. The molecule has 3 rings (SSSR count). The van der Waals surface area contributed by atoms with Gasteiger partial charge in [-0.2, -0.15) is 18.3 Å². The molecule has 3 aromatic rings. The Hall–Kier alpha value is -5.61. The van der Waals surface area contributed by atoms with Gasteiger partial charge in [-0.25, -0.2) is 14.5 Å². The van der Waals surface area contributed by atoms with Gasteiger partial charge in [-0.1, -0.05) is 62.4 Å². The number of nitrogens with one attached hydrogen (secondary N) is 3. The summed E-state index contributed by atoms with van der Waals surface area (Å²) in [5.74, 6) is -5.38. The average molecular weight is 649 g/mol. The fourth-order valence-electron chi connectivity index (χ4n) is 3.79. The molecule has 4 N–H and O–H groups in total. The van der Waals surface area contributed by atoms with E-state index in [2.05, 4.69) is 15.7 Å². The standard InChI is InChI=1S/C29H31F3N6O8/c1-18(2)26(34-28(44)46-16-19-9-5-3-6-10-19)27(43)33-14-22(39)36-37(15-25(41)42)23(40)17-45-24-13-21(29(30,31)32)35-38(24)20-11-7-4-8-12-20/h3-13,18,26H,14-17H2,1-2H3,(H,33,43)(H,34,44)(H,36,39)(H,41,42). The van der Waals surface area contributed by atoms with Crippen molar-refractivity contribution in [3.8, 4) is 11.6 Å². The minimum atomic E-state index is -4.83. The number of carbonyl (C=O) groups excluding carboxylic acids is 4. The third-order valence-corrected chi connectivity index (χ3v) is 6.02. The SMILES string of the molecule is CC(C)C(NC(=O)OCc1ccccc1)C(=O)NCC(=O)NN(CC(=O)O)C(=O)COc1cc(C(F)(F)F)nn1-c1ccccc1. The van der Waals surface area contributed by atoms with Crippen LogP contribution in [0.15, 0.2) is 66.7 Å². The number of halogens is 3. The summed E-state index contributed by atoms with van der Waals surface area (Å²) >= 11 is 0. The number of carboxylic acids is 1. The zero-order chi connectivity index (χ0) is 33.9. The van der Waals surface area contributed by atoms with Gasteiger partial charge in [-0.05, 0) is 23.6 Å². The monoisotopic (exact) mass is 648 g/mol. The van der Waals surface area contributed by atoms with Crippen LogP contribution in [0.1, 0.15) is 25.1 Å². The minimum Gasteiger partial charge on any atom is -0.480 e. The molecule has 246 valence electrons. The van der Waals surface area contributed by atoms with E-state index in [4.69, 9.17) is 9.47 Å². The van der Waals surface area contributed by atoms with Gasteiger partial charge in [-0.3, -0.25) is 24.6 Å². The summed E-state index contributed by atoms with van der Waals surface area (Å²) in [6, 6.07) is 15.8. The zero-order valence-corrected chi connectivity index (χ0v) is 24.6. The Labute approximate surface area is 260 Å². The summed E-state index contributed by atoms with van der Waals surface area (Å²) in [4.78, 5) is 61.7. The second-order valence-electron chi connectivity index (χ2n) is 9.96. The van der Waals surface area contributed by atoms with E-state index in [0.717, 1.165) is 10.2 Å². The largest absolute Gasteiger partial charge is 0.480 e. The van der Waals surface area contributed by atoms with Crippen molar-refractivity contribution in [1.29, 1.82) is 0 Å². The highest BCUT2D eigenvalue weighted by atomic mass is 19.4. The summed E-state index contributed by atoms with van der Waals surface area (Å²) in [7, 11) is 0. The van der Waals surface area contributed by atoms with Crippen LogP contribution in [0, 0.1) is 5.92 Å². The Morgan fingerprint density at radius 3 is 2.22 bits per heavy atom. The van der Waals surface area contributed by atoms with Crippen molar-refractivity contribution in [1.82, 2.24) is 30.8 Å². The first kappa shape index (κ1) is 34.9. The summed E-state index contributed by atoms with van der Waals surface area (Å²) in [6.45, 7) is 0.462. The van der Waals surface area contributed by atoms with Crippen molar-refractivity contribution in [2.24, 2.45) is 5.92 Å². The number of carboxylic acid groups (broad SMARTS) is 1. The second-order valence-corrected chi connectivity index (χ2v) is 9.96. The molecule has 1 unspecified atom stereocenters. The number of alkyl carbamates (subject to hydrolysis) is 1. The Kier molecular flexibility index (Phi) is 12.1. The fraction of sp³-hybridized carbons (Fsp3) is 0.310. The number of aromatic nitrogens is 2. The number of rotatable bonds is 13. The first-order valence-corrected chi connectivity index (χ1v) is 13.7. The van der Waals surface area contributed by atoms with Gasteiger partial charge in [0.05, 0.1) is 12.2 Å². The third-order valence-electron chi connectivity index (χ3n) is 6.02. The number of carbonyl (C=O) groups is 5. The summed E-state index contributed by atoms with van der Waals surface area (Å²) in [6.07, 6.45) is -5.71. The van der Waals surface area contributed by atoms with E-state index in [1.807, 2.05) is 5.43 Å². The molecule has 0 aliphatic carbocycles. The van der Waals surface area contributed by atoms with E-state index < -0.39 is 79.2 Å². The smallest absolute Gasteiger partial charge is 0.435 e. The number of aliphatic carboxylic acids is 1. The van der Waals surface area contributed by atoms with Crippen LogP contribution in [0.5, 0.6) is 5.88 Å². The molecule has 2 aromatic carbocycles. The molecule has 0 radical (unpaired) electrons. The third kappa shape index (κ3) is 10.5. The number of hydrogen-bond donors (Lipinski definition) is 4. The Balaban J connectivity index is 1.59. The van der Waals surface area contributed by atoms with Crippen molar-refractivity contribution < 1.29 is 51.7 Å². The maximum Gasteiger partial charge on any atom is 0.435 e. The molecule has 0 spiro atoms. The highest BCUT2D eigenvalue weighted by Crippen LogP contribution is 2.32. The second kappa shape index (κ2) is 15.9. The van der Waals surface area contributed by atoms with Crippen LogP contribution in [-0.2, 0) is 36.7 Å². The topological polar surface area (TPSA) is 181 Å². The quantitative estimate of drug-likeness (QED) is 0.202. The molecule has 0 aliphatic rings. The zero-order valence-electron chi connectivity index (χ0n) is 24.6. The first-order valence-electron chi connectivity index (χ1n) is 13.7. The first-order chi connectivity index (χ1) is 21.7. The van der Waals surface area contributed by atoms with E-state index in [1.54, 1.807) is 62.4 Å². The molecule has 46 heavy (non-hydrogen) atoms. The maximum atomic E-state index is 13.3. The van der Waals surface area contributed by atoms with Crippen LogP contribution in [0.2, 0.25) is 0 Å². The molecule has 17 heteroatoms. The number of nitrogens with zero attached hydrogens (tertiary/aromatic N) is 3. The van der Waals surface area contributed by atoms with Crippen molar-refractivity contribution in [2.45, 2.75) is 32.7 Å². The minimum absolute atomic E-state index is 0.0449. The molecular formula is C29H31F3N6O8. The Bertz CT molecular complexity index is 1520. The number of ether oxygens (including phenoxy) is 2. The molecule has 1 heterocycles. The fourth-order valence-corrected chi connectivity index (χ4v) is 3.79. The molecule has 0 saturated heterocycles. The molecule has 0 bridgehead atoms. The van der Waals surface area contributed by atoms with Gasteiger partial charge in [-0.15, -0.1) is 0 Å². The normalized spacial score (nSPS) is 11.7. The van der Waals surface area contributed by atoms with E-state index in [1.165, 1.54) is 12.1 Å². The van der Waals surface area contributed by atoms with Crippen LogP contribution in [0.3, 0.4) is 0 Å². The van der Waals surface area contributed by atoms with Gasteiger partial charge in [0.2, 0.25) is 11.8 Å². The highest BCUT2D eigenvalue weighted by Gasteiger charge is 2.36. The number of benzene rings is 2. The maximum absolute atomic E-state index is 13.3. The lowest BCUT2D eigenvalue weighted by Gasteiger charge is -2.23. The van der Waals surface area contributed by atoms with E-state index >= 15 is 0 Å². The van der Waals surface area contributed by atoms with E-state index in [9.17, 15) is 42.3 Å². The number of amides is 4. The van der Waals surface area contributed by atoms with Crippen molar-refractivity contribution in [2.75, 3.05) is 19.7 Å². The van der Waals surface area contributed by atoms with Gasteiger partial charge >= 0.3 is 18.2 Å². The van der Waals surface area contributed by atoms with Crippen LogP contribution in [-0.4, -0.2) is 75.4 Å². The predicted octanol–water partition coefficient (Wildman–Crippen LogP) is 2.28. The molecule has 0 aliphatic heterocycles. The van der Waals surface area contributed by atoms with E-state index in [-0.39, 0.29) is 12.3 Å². The van der Waals surface area contributed by atoms with Crippen molar-refractivity contribution in [3.63, 3.8) is 0 Å². The summed E-state index contributed by atoms with van der Waals surface area (Å²) < 4.78 is 51.1. The lowest BCUT2D eigenvalue weighted by molar-refractivity contribution is -0.151. The van der Waals surface area contributed by atoms with E-state index in [0.29, 0.717) is 11.1 Å². The van der Waals surface area contributed by atoms with Gasteiger partial charge in [0.25, 0.3) is 11.8 Å². The Morgan fingerprint density at radius 1 is 1.00 bits per heavy atom.